The number of carbonyl (C=O) groups is 1. The number of rotatable bonds is 4. The number of carboxylic acid groups (broad SMARTS) is 1. The van der Waals surface area contributed by atoms with Crippen LogP contribution in [0.2, 0.25) is 5.28 Å². The van der Waals surface area contributed by atoms with Crippen LogP contribution in [0, 0.1) is 5.82 Å². The highest BCUT2D eigenvalue weighted by Crippen LogP contribution is 2.24. The molecule has 2 heterocycles. The zero-order valence-electron chi connectivity index (χ0n) is 11.1. The molecule has 0 aliphatic carbocycles. The van der Waals surface area contributed by atoms with Gasteiger partial charge in [-0.15, -0.1) is 0 Å². The summed E-state index contributed by atoms with van der Waals surface area (Å²) in [5.41, 5.74) is 1.33. The van der Waals surface area contributed by atoms with Gasteiger partial charge in [0.25, 0.3) is 0 Å². The molecule has 0 aliphatic rings. The topological polar surface area (TPSA) is 90.9 Å². The molecule has 0 bridgehead atoms. The first-order valence-corrected chi connectivity index (χ1v) is 6.68. The van der Waals surface area contributed by atoms with Gasteiger partial charge >= 0.3 is 5.97 Å². The molecule has 0 aliphatic heterocycles. The van der Waals surface area contributed by atoms with E-state index in [-0.39, 0.29) is 22.1 Å². The number of anilines is 1. The third kappa shape index (κ3) is 2.71. The Hall–Kier alpha value is -2.67. The predicted octanol–water partition coefficient (Wildman–Crippen LogP) is 3.06. The highest BCUT2D eigenvalue weighted by Gasteiger charge is 2.13. The van der Waals surface area contributed by atoms with Crippen LogP contribution in [0.5, 0.6) is 0 Å². The van der Waals surface area contributed by atoms with Crippen molar-refractivity contribution in [2.24, 2.45) is 0 Å². The van der Waals surface area contributed by atoms with Crippen LogP contribution in [0.4, 0.5) is 10.2 Å². The predicted molar refractivity (Wildman–Crippen MR) is 79.6 cm³/mol. The second-order valence-electron chi connectivity index (χ2n) is 4.56. The van der Waals surface area contributed by atoms with E-state index in [0.717, 1.165) is 5.56 Å². The van der Waals surface area contributed by atoms with Crippen LogP contribution >= 0.6 is 11.6 Å². The number of aromatic amines is 1. The molecule has 2 aromatic heterocycles. The van der Waals surface area contributed by atoms with Crippen molar-refractivity contribution in [2.45, 2.75) is 6.54 Å². The molecular formula is C14H10ClFN4O2. The van der Waals surface area contributed by atoms with Gasteiger partial charge in [-0.3, -0.25) is 0 Å². The number of H-pyrrole nitrogens is 1. The largest absolute Gasteiger partial charge is 0.478 e. The van der Waals surface area contributed by atoms with Crippen molar-refractivity contribution in [3.63, 3.8) is 0 Å². The molecule has 3 rings (SSSR count). The SMILES string of the molecule is O=C(O)c1ccc(CNc2nc(Cl)nc3[nH]cc(F)c23)cc1. The maximum absolute atomic E-state index is 13.7. The molecule has 8 heteroatoms. The van der Waals surface area contributed by atoms with Crippen molar-refractivity contribution in [2.75, 3.05) is 5.32 Å². The minimum atomic E-state index is -0.988. The van der Waals surface area contributed by atoms with E-state index < -0.39 is 11.8 Å². The molecule has 3 N–H and O–H groups in total. The lowest BCUT2D eigenvalue weighted by atomic mass is 10.1. The average Bonchev–Trinajstić information content (AvgIpc) is 2.86. The summed E-state index contributed by atoms with van der Waals surface area (Å²) >= 11 is 5.80. The van der Waals surface area contributed by atoms with Gasteiger partial charge in [-0.1, -0.05) is 12.1 Å². The summed E-state index contributed by atoms with van der Waals surface area (Å²) in [5.74, 6) is -1.19. The Morgan fingerprint density at radius 2 is 2.05 bits per heavy atom. The van der Waals surface area contributed by atoms with Crippen molar-refractivity contribution in [1.29, 1.82) is 0 Å². The summed E-state index contributed by atoms with van der Waals surface area (Å²) in [4.78, 5) is 21.3. The summed E-state index contributed by atoms with van der Waals surface area (Å²) in [6.45, 7) is 0.340. The molecule has 0 amide bonds. The molecule has 0 saturated heterocycles. The third-order valence-corrected chi connectivity index (χ3v) is 3.29. The van der Waals surface area contributed by atoms with Crippen LogP contribution in [0.15, 0.2) is 30.5 Å². The number of hydrogen-bond acceptors (Lipinski definition) is 4. The molecule has 1 aromatic carbocycles. The average molecular weight is 321 g/mol. The zero-order valence-corrected chi connectivity index (χ0v) is 11.9. The highest BCUT2D eigenvalue weighted by atomic mass is 35.5. The lowest BCUT2D eigenvalue weighted by Crippen LogP contribution is -2.04. The standard InChI is InChI=1S/C14H10ClFN4O2/c15-14-19-11(10-9(16)6-18-12(10)20-14)17-5-7-1-3-8(4-2-7)13(21)22/h1-4,6H,5H2,(H,21,22)(H2,17,18,19,20). The van der Waals surface area contributed by atoms with Crippen LogP contribution in [0.1, 0.15) is 15.9 Å². The Kier molecular flexibility index (Phi) is 3.64. The normalized spacial score (nSPS) is 10.8. The Bertz CT molecular complexity index is 848. The van der Waals surface area contributed by atoms with Crippen LogP contribution in [0.3, 0.4) is 0 Å². The number of hydrogen-bond donors (Lipinski definition) is 3. The number of carboxylic acids is 1. The van der Waals surface area contributed by atoms with E-state index in [1.54, 1.807) is 12.1 Å². The summed E-state index contributed by atoms with van der Waals surface area (Å²) in [7, 11) is 0. The van der Waals surface area contributed by atoms with Gasteiger partial charge in [0, 0.05) is 12.7 Å². The molecule has 0 atom stereocenters. The smallest absolute Gasteiger partial charge is 0.335 e. The first-order chi connectivity index (χ1) is 10.5. The third-order valence-electron chi connectivity index (χ3n) is 3.12. The van der Waals surface area contributed by atoms with E-state index in [0.29, 0.717) is 12.2 Å². The minimum Gasteiger partial charge on any atom is -0.478 e. The van der Waals surface area contributed by atoms with Crippen LogP contribution in [0.25, 0.3) is 11.0 Å². The molecule has 112 valence electrons. The molecule has 0 unspecified atom stereocenters. The lowest BCUT2D eigenvalue weighted by Gasteiger charge is -2.07. The van der Waals surface area contributed by atoms with E-state index in [4.69, 9.17) is 16.7 Å². The van der Waals surface area contributed by atoms with E-state index in [1.807, 2.05) is 0 Å². The zero-order chi connectivity index (χ0) is 15.7. The summed E-state index contributed by atoms with van der Waals surface area (Å²) < 4.78 is 13.7. The monoisotopic (exact) mass is 320 g/mol. The van der Waals surface area contributed by atoms with Crippen molar-refractivity contribution in [3.05, 3.63) is 52.7 Å². The van der Waals surface area contributed by atoms with E-state index in [1.165, 1.54) is 18.3 Å². The number of nitrogens with one attached hydrogen (secondary N) is 2. The molecule has 3 aromatic rings. The fourth-order valence-electron chi connectivity index (χ4n) is 2.05. The first-order valence-electron chi connectivity index (χ1n) is 6.31. The van der Waals surface area contributed by atoms with Gasteiger partial charge < -0.3 is 15.4 Å². The van der Waals surface area contributed by atoms with Crippen LogP contribution < -0.4 is 5.32 Å². The van der Waals surface area contributed by atoms with Gasteiger partial charge in [0.2, 0.25) is 5.28 Å². The van der Waals surface area contributed by atoms with Crippen molar-refractivity contribution in [3.8, 4) is 0 Å². The molecule has 0 radical (unpaired) electrons. The Balaban J connectivity index is 1.84. The fraction of sp³-hybridized carbons (Fsp3) is 0.0714. The van der Waals surface area contributed by atoms with E-state index in [2.05, 4.69) is 20.3 Å². The number of aromatic carboxylic acids is 1. The fourth-order valence-corrected chi connectivity index (χ4v) is 2.22. The van der Waals surface area contributed by atoms with Gasteiger partial charge in [0.15, 0.2) is 5.82 Å². The number of halogens is 2. The number of fused-ring (bicyclic) bond motifs is 1. The Morgan fingerprint density at radius 3 is 2.73 bits per heavy atom. The van der Waals surface area contributed by atoms with Gasteiger partial charge in [0.1, 0.15) is 11.5 Å². The molecule has 22 heavy (non-hydrogen) atoms. The van der Waals surface area contributed by atoms with Gasteiger partial charge in [0.05, 0.1) is 10.9 Å². The van der Waals surface area contributed by atoms with Crippen molar-refractivity contribution >= 4 is 34.4 Å². The summed E-state index contributed by atoms with van der Waals surface area (Å²) in [6, 6.07) is 6.34. The molecule has 0 fully saturated rings. The van der Waals surface area contributed by atoms with E-state index in [9.17, 15) is 9.18 Å². The molecule has 0 saturated carbocycles. The van der Waals surface area contributed by atoms with Crippen molar-refractivity contribution in [1.82, 2.24) is 15.0 Å². The van der Waals surface area contributed by atoms with Crippen molar-refractivity contribution < 1.29 is 14.3 Å². The molecule has 6 nitrogen and oxygen atoms in total. The first kappa shape index (κ1) is 14.3. The van der Waals surface area contributed by atoms with Crippen LogP contribution in [-0.2, 0) is 6.54 Å². The van der Waals surface area contributed by atoms with Crippen LogP contribution in [-0.4, -0.2) is 26.0 Å². The Morgan fingerprint density at radius 1 is 1.32 bits per heavy atom. The summed E-state index contributed by atoms with van der Waals surface area (Å²) in [6.07, 6.45) is 1.18. The maximum atomic E-state index is 13.7. The quantitative estimate of drug-likeness (QED) is 0.643. The number of aromatic nitrogens is 3. The Labute approximate surface area is 129 Å². The minimum absolute atomic E-state index is 0.00178. The maximum Gasteiger partial charge on any atom is 0.335 e. The molecule has 0 spiro atoms. The van der Waals surface area contributed by atoms with E-state index >= 15 is 0 Å². The summed E-state index contributed by atoms with van der Waals surface area (Å²) in [5, 5.41) is 12.1. The lowest BCUT2D eigenvalue weighted by molar-refractivity contribution is 0.0697. The second-order valence-corrected chi connectivity index (χ2v) is 4.90. The number of benzene rings is 1. The van der Waals surface area contributed by atoms with Gasteiger partial charge in [-0.25, -0.2) is 9.18 Å². The molecular weight excluding hydrogens is 311 g/mol. The highest BCUT2D eigenvalue weighted by molar-refractivity contribution is 6.28. The second kappa shape index (κ2) is 5.61. The van der Waals surface area contributed by atoms with Gasteiger partial charge in [-0.2, -0.15) is 9.97 Å². The van der Waals surface area contributed by atoms with Gasteiger partial charge in [-0.05, 0) is 29.3 Å². The number of nitrogens with zero attached hydrogens (tertiary/aromatic N) is 2.